The molecule has 3 heterocycles. The summed E-state index contributed by atoms with van der Waals surface area (Å²) in [6.45, 7) is 17.7. The Morgan fingerprint density at radius 2 is 1.67 bits per heavy atom. The highest BCUT2D eigenvalue weighted by Gasteiger charge is 2.27. The number of carbonyl (C=O) groups excluding carboxylic acids is 1. The molecule has 3 unspecified atom stereocenters. The zero-order chi connectivity index (χ0) is 38.7. The molecule has 0 aliphatic carbocycles. The summed E-state index contributed by atoms with van der Waals surface area (Å²) in [5, 5.41) is 18.3. The Balaban J connectivity index is 0.000000243. The van der Waals surface area contributed by atoms with Crippen LogP contribution in [-0.4, -0.2) is 84.7 Å². The van der Waals surface area contributed by atoms with E-state index < -0.39 is 0 Å². The van der Waals surface area contributed by atoms with Gasteiger partial charge >= 0.3 is 0 Å². The molecule has 0 bridgehead atoms. The normalized spacial score (nSPS) is 17.1. The predicted molar refractivity (Wildman–Crippen MR) is 216 cm³/mol. The van der Waals surface area contributed by atoms with Gasteiger partial charge in [-0.25, -0.2) is 5.01 Å². The summed E-state index contributed by atoms with van der Waals surface area (Å²) in [6.07, 6.45) is 7.39. The van der Waals surface area contributed by atoms with Crippen molar-refractivity contribution in [3.05, 3.63) is 108 Å². The highest BCUT2D eigenvalue weighted by atomic mass is 16.7. The van der Waals surface area contributed by atoms with Crippen LogP contribution in [0.15, 0.2) is 96.4 Å². The van der Waals surface area contributed by atoms with Crippen LogP contribution < -0.4 is 14.5 Å². The first-order valence-corrected chi connectivity index (χ1v) is 19.0. The number of aromatic nitrogens is 2. The van der Waals surface area contributed by atoms with Crippen LogP contribution in [0.25, 0.3) is 0 Å². The summed E-state index contributed by atoms with van der Waals surface area (Å²) in [6, 6.07) is 28.8. The molecule has 3 atom stereocenters. The summed E-state index contributed by atoms with van der Waals surface area (Å²) < 4.78 is 19.4. The number of nitriles is 1. The lowest BCUT2D eigenvalue weighted by atomic mass is 10.2. The van der Waals surface area contributed by atoms with Crippen LogP contribution in [0.4, 0.5) is 11.4 Å². The largest absolute Gasteiger partial charge is 0.491 e. The van der Waals surface area contributed by atoms with Crippen LogP contribution in [-0.2, 0) is 20.8 Å². The van der Waals surface area contributed by atoms with Gasteiger partial charge < -0.3 is 24.0 Å². The third-order valence-electron chi connectivity index (χ3n) is 9.14. The van der Waals surface area contributed by atoms with Gasteiger partial charge in [-0.15, -0.1) is 0 Å². The number of aryl methyl sites for hydroxylation is 2. The fourth-order valence-corrected chi connectivity index (χ4v) is 5.94. The molecule has 2 aliphatic rings. The van der Waals surface area contributed by atoms with E-state index in [0.29, 0.717) is 26.2 Å². The molecular weight excluding hydrogens is 679 g/mol. The quantitative estimate of drug-likeness (QED) is 0.108. The average molecular weight is 736 g/mol. The summed E-state index contributed by atoms with van der Waals surface area (Å²) in [5.41, 5.74) is 5.71. The first-order valence-electron chi connectivity index (χ1n) is 19.0. The molecule has 6 rings (SSSR count). The van der Waals surface area contributed by atoms with Crippen LogP contribution in [0.5, 0.6) is 5.75 Å². The molecule has 0 saturated carbocycles. The average Bonchev–Trinajstić information content (AvgIpc) is 3.89. The van der Waals surface area contributed by atoms with Crippen molar-refractivity contribution in [2.75, 3.05) is 49.2 Å². The maximum atomic E-state index is 11.5. The minimum absolute atomic E-state index is 0.0647. The smallest absolute Gasteiger partial charge is 0.242 e. The molecule has 0 radical (unpaired) electrons. The summed E-state index contributed by atoms with van der Waals surface area (Å²) in [7, 11) is 0. The van der Waals surface area contributed by atoms with Crippen molar-refractivity contribution in [1.82, 2.24) is 14.8 Å². The molecule has 2 aliphatic heterocycles. The third kappa shape index (κ3) is 13.3. The van der Waals surface area contributed by atoms with Gasteiger partial charge in [0.1, 0.15) is 18.5 Å². The molecule has 4 aromatic rings. The first kappa shape index (κ1) is 41.6. The molecule has 288 valence electrons. The number of hydrazone groups is 1. The number of ether oxygens (including phenoxy) is 3. The van der Waals surface area contributed by atoms with E-state index in [1.54, 1.807) is 23.5 Å². The van der Waals surface area contributed by atoms with Crippen molar-refractivity contribution in [1.29, 1.82) is 5.26 Å². The van der Waals surface area contributed by atoms with Crippen molar-refractivity contribution in [2.45, 2.75) is 85.8 Å². The molecule has 11 nitrogen and oxygen atoms in total. The molecule has 3 aromatic carbocycles. The Hall–Kier alpha value is -5.18. The van der Waals surface area contributed by atoms with Crippen LogP contribution in [0, 0.1) is 25.2 Å². The Bertz CT molecular complexity index is 1730. The van der Waals surface area contributed by atoms with Crippen molar-refractivity contribution in [3.63, 3.8) is 0 Å². The Labute approximate surface area is 321 Å². The van der Waals surface area contributed by atoms with E-state index in [1.807, 2.05) is 75.0 Å². The summed E-state index contributed by atoms with van der Waals surface area (Å²) >= 11 is 0. The van der Waals surface area contributed by atoms with Crippen LogP contribution >= 0.6 is 0 Å². The lowest BCUT2D eigenvalue weighted by molar-refractivity contribution is -0.133. The molecule has 0 spiro atoms. The summed E-state index contributed by atoms with van der Waals surface area (Å²) in [5.74, 6) is 0.973. The second-order valence-corrected chi connectivity index (χ2v) is 13.5. The number of anilines is 2. The van der Waals surface area contributed by atoms with Gasteiger partial charge in [0.05, 0.1) is 30.8 Å². The van der Waals surface area contributed by atoms with E-state index in [2.05, 4.69) is 76.3 Å². The van der Waals surface area contributed by atoms with E-state index >= 15 is 0 Å². The number of nitrogens with zero attached hydrogens (tertiary/aromatic N) is 7. The van der Waals surface area contributed by atoms with E-state index in [1.165, 1.54) is 16.9 Å². The molecule has 2 fully saturated rings. The highest BCUT2D eigenvalue weighted by molar-refractivity contribution is 5.77. The number of benzene rings is 3. The van der Waals surface area contributed by atoms with Gasteiger partial charge in [0, 0.05) is 62.6 Å². The van der Waals surface area contributed by atoms with Crippen molar-refractivity contribution in [2.24, 2.45) is 5.10 Å². The van der Waals surface area contributed by atoms with Gasteiger partial charge in [-0.1, -0.05) is 43.7 Å². The molecule has 1 amide bonds. The molecule has 2 saturated heterocycles. The van der Waals surface area contributed by atoms with Gasteiger partial charge in [-0.3, -0.25) is 9.48 Å². The van der Waals surface area contributed by atoms with Crippen molar-refractivity contribution in [3.8, 4) is 11.8 Å². The Morgan fingerprint density at radius 1 is 1.00 bits per heavy atom. The minimum atomic E-state index is -0.274. The number of piperazine rings is 1. The van der Waals surface area contributed by atoms with Crippen LogP contribution in [0.2, 0.25) is 0 Å². The molecular formula is C43H57N7O4. The lowest BCUT2D eigenvalue weighted by Gasteiger charge is -2.37. The van der Waals surface area contributed by atoms with Gasteiger partial charge in [-0.2, -0.15) is 15.5 Å². The van der Waals surface area contributed by atoms with E-state index in [-0.39, 0.29) is 24.3 Å². The van der Waals surface area contributed by atoms with Crippen molar-refractivity contribution < 1.29 is 19.0 Å². The van der Waals surface area contributed by atoms with Gasteiger partial charge in [0.15, 0.2) is 6.29 Å². The van der Waals surface area contributed by atoms with E-state index in [9.17, 15) is 4.79 Å². The Kier molecular flexibility index (Phi) is 17.0. The standard InChI is InChI=1S/C25H30N4O3.C10H20N2O.C8H7N/c1-20-3-5-21(6-4-20)27-13-15-28(16-14-27)22-7-9-23(10-8-22)30-18-24-19-31-25(32-24)17-29-12-2-11-26-29;1-5-8-10(13)12(11-7-3)9(4)6-2;1-7-3-2-4-8(5-7)6-9/h2-12,24-25H,13-19H2,1H3;7,9H,5-6,8H2,1-4H3;2-5H,1H3/b;11-7-;. The second-order valence-electron chi connectivity index (χ2n) is 13.5. The van der Waals surface area contributed by atoms with Gasteiger partial charge in [0.2, 0.25) is 5.91 Å². The lowest BCUT2D eigenvalue weighted by Crippen LogP contribution is -2.46. The van der Waals surface area contributed by atoms with Crippen LogP contribution in [0.3, 0.4) is 0 Å². The SMILES string of the molecule is C/C=N\N(C(=O)CCC)C(C)CC.Cc1ccc(N2CCN(c3ccc(OCC4COC(Cn5cccn5)O4)cc3)CC2)cc1.Cc1cccc(C#N)c1. The highest BCUT2D eigenvalue weighted by Crippen LogP contribution is 2.24. The Morgan fingerprint density at radius 3 is 2.20 bits per heavy atom. The zero-order valence-electron chi connectivity index (χ0n) is 32.8. The third-order valence-corrected chi connectivity index (χ3v) is 9.14. The number of carbonyl (C=O) groups is 1. The molecule has 54 heavy (non-hydrogen) atoms. The maximum Gasteiger partial charge on any atom is 0.242 e. The summed E-state index contributed by atoms with van der Waals surface area (Å²) in [4.78, 5) is 16.4. The number of hydrogen-bond acceptors (Lipinski definition) is 9. The van der Waals surface area contributed by atoms with E-state index in [0.717, 1.165) is 55.9 Å². The molecule has 1 aromatic heterocycles. The number of rotatable bonds is 12. The maximum absolute atomic E-state index is 11.5. The fraction of sp³-hybridized carbons (Fsp3) is 0.442. The van der Waals surface area contributed by atoms with Gasteiger partial charge in [0.25, 0.3) is 0 Å². The van der Waals surface area contributed by atoms with Crippen LogP contribution in [0.1, 0.15) is 63.6 Å². The minimum Gasteiger partial charge on any atom is -0.491 e. The second kappa shape index (κ2) is 22.1. The zero-order valence-corrected chi connectivity index (χ0v) is 32.8. The number of amides is 1. The first-order chi connectivity index (χ1) is 26.2. The predicted octanol–water partition coefficient (Wildman–Crippen LogP) is 7.62. The van der Waals surface area contributed by atoms with Gasteiger partial charge in [-0.05, 0) is 101 Å². The topological polar surface area (TPSA) is 108 Å². The fourth-order valence-electron chi connectivity index (χ4n) is 5.94. The molecule has 0 N–H and O–H groups in total. The number of hydrogen-bond donors (Lipinski definition) is 0. The monoisotopic (exact) mass is 735 g/mol. The van der Waals surface area contributed by atoms with E-state index in [4.69, 9.17) is 19.5 Å². The van der Waals surface area contributed by atoms with Crippen molar-refractivity contribution >= 4 is 23.5 Å². The molecule has 11 heteroatoms.